The maximum absolute atomic E-state index is 13.1. The van der Waals surface area contributed by atoms with Crippen LogP contribution in [0.3, 0.4) is 0 Å². The summed E-state index contributed by atoms with van der Waals surface area (Å²) in [5.74, 6) is 0.162. The number of carbonyl (C=O) groups is 1. The fourth-order valence-corrected chi connectivity index (χ4v) is 2.78. The summed E-state index contributed by atoms with van der Waals surface area (Å²) < 4.78 is 23.8. The molecule has 25 heavy (non-hydrogen) atoms. The van der Waals surface area contributed by atoms with Crippen molar-refractivity contribution in [2.45, 2.75) is 26.5 Å². The molecule has 1 aromatic heterocycles. The second kappa shape index (κ2) is 7.65. The van der Waals surface area contributed by atoms with Crippen molar-refractivity contribution in [2.24, 2.45) is 0 Å². The third-order valence-corrected chi connectivity index (χ3v) is 4.26. The Hall–Kier alpha value is -2.41. The van der Waals surface area contributed by atoms with Gasteiger partial charge in [0, 0.05) is 38.3 Å². The number of carbonyl (C=O) groups excluding carboxylic acids is 1. The molecular weight excluding hydrogens is 325 g/mol. The normalized spacial score (nSPS) is 15.6. The molecule has 0 atom stereocenters. The lowest BCUT2D eigenvalue weighted by Crippen LogP contribution is -2.50. The summed E-state index contributed by atoms with van der Waals surface area (Å²) in [5, 5.41) is 0. The molecule has 3 rings (SSSR count). The van der Waals surface area contributed by atoms with Crippen molar-refractivity contribution in [3.8, 4) is 5.75 Å². The molecule has 1 aliphatic rings. The molecule has 0 spiro atoms. The van der Waals surface area contributed by atoms with Gasteiger partial charge in [-0.1, -0.05) is 6.07 Å². The van der Waals surface area contributed by atoms with Crippen LogP contribution in [0.2, 0.25) is 0 Å². The van der Waals surface area contributed by atoms with Crippen LogP contribution in [-0.4, -0.2) is 52.9 Å². The lowest BCUT2D eigenvalue weighted by atomic mass is 10.2. The van der Waals surface area contributed by atoms with Crippen molar-refractivity contribution in [3.05, 3.63) is 47.9 Å². The Morgan fingerprint density at radius 3 is 2.76 bits per heavy atom. The van der Waals surface area contributed by atoms with Crippen molar-refractivity contribution in [1.29, 1.82) is 0 Å². The van der Waals surface area contributed by atoms with E-state index in [2.05, 4.69) is 23.7 Å². The molecule has 1 aromatic carbocycles. The van der Waals surface area contributed by atoms with Crippen molar-refractivity contribution in [3.63, 3.8) is 0 Å². The summed E-state index contributed by atoms with van der Waals surface area (Å²) in [6.45, 7) is 7.42. The standard InChI is InChI=1S/C18H22FN3O3/c1-13(2)21-6-8-22(9-7-21)18(23)16-11-25-17(20-16)12-24-15-5-3-4-14(19)10-15/h3-5,10-11,13H,6-9,12H2,1-2H3. The van der Waals surface area contributed by atoms with Gasteiger partial charge in [0.1, 0.15) is 17.8 Å². The Kier molecular flexibility index (Phi) is 5.33. The molecule has 1 amide bonds. The van der Waals surface area contributed by atoms with E-state index >= 15 is 0 Å². The highest BCUT2D eigenvalue weighted by molar-refractivity contribution is 5.92. The number of aromatic nitrogens is 1. The highest BCUT2D eigenvalue weighted by atomic mass is 19.1. The number of hydrogen-bond acceptors (Lipinski definition) is 5. The lowest BCUT2D eigenvalue weighted by molar-refractivity contribution is 0.0590. The smallest absolute Gasteiger partial charge is 0.275 e. The minimum atomic E-state index is -0.374. The monoisotopic (exact) mass is 347 g/mol. The van der Waals surface area contributed by atoms with Gasteiger partial charge in [-0.3, -0.25) is 9.69 Å². The van der Waals surface area contributed by atoms with Crippen LogP contribution in [-0.2, 0) is 6.61 Å². The van der Waals surface area contributed by atoms with E-state index in [4.69, 9.17) is 9.15 Å². The van der Waals surface area contributed by atoms with Crippen LogP contribution in [0.1, 0.15) is 30.2 Å². The van der Waals surface area contributed by atoms with Gasteiger partial charge in [0.15, 0.2) is 12.3 Å². The molecule has 2 aromatic rings. The number of hydrogen-bond donors (Lipinski definition) is 0. The van der Waals surface area contributed by atoms with E-state index in [0.29, 0.717) is 24.9 Å². The number of benzene rings is 1. The third kappa shape index (κ3) is 4.36. The zero-order valence-corrected chi connectivity index (χ0v) is 14.4. The summed E-state index contributed by atoms with van der Waals surface area (Å²) in [6, 6.07) is 6.31. The first-order chi connectivity index (χ1) is 12.0. The first-order valence-corrected chi connectivity index (χ1v) is 8.39. The number of halogens is 1. The quantitative estimate of drug-likeness (QED) is 0.832. The molecule has 0 radical (unpaired) electrons. The van der Waals surface area contributed by atoms with E-state index in [0.717, 1.165) is 13.1 Å². The van der Waals surface area contributed by atoms with Crippen molar-refractivity contribution in [1.82, 2.24) is 14.8 Å². The zero-order valence-electron chi connectivity index (χ0n) is 14.4. The van der Waals surface area contributed by atoms with Crippen LogP contribution < -0.4 is 4.74 Å². The Balaban J connectivity index is 1.55. The Labute approximate surface area is 146 Å². The zero-order chi connectivity index (χ0) is 17.8. The van der Waals surface area contributed by atoms with Gasteiger partial charge in [-0.15, -0.1) is 0 Å². The predicted octanol–water partition coefficient (Wildman–Crippen LogP) is 2.56. The highest BCUT2D eigenvalue weighted by Gasteiger charge is 2.25. The molecule has 134 valence electrons. The molecule has 0 aliphatic carbocycles. The Bertz CT molecular complexity index is 724. The minimum absolute atomic E-state index is 0.0395. The molecule has 7 heteroatoms. The van der Waals surface area contributed by atoms with Crippen LogP contribution in [0.4, 0.5) is 4.39 Å². The average Bonchev–Trinajstić information content (AvgIpc) is 3.08. The third-order valence-electron chi connectivity index (χ3n) is 4.26. The van der Waals surface area contributed by atoms with Crippen LogP contribution in [0.25, 0.3) is 0 Å². The summed E-state index contributed by atoms with van der Waals surface area (Å²) in [5.41, 5.74) is 0.274. The Morgan fingerprint density at radius 2 is 2.08 bits per heavy atom. The molecule has 1 saturated heterocycles. The average molecular weight is 347 g/mol. The van der Waals surface area contributed by atoms with E-state index < -0.39 is 0 Å². The van der Waals surface area contributed by atoms with Crippen molar-refractivity contribution in [2.75, 3.05) is 26.2 Å². The van der Waals surface area contributed by atoms with Gasteiger partial charge in [-0.2, -0.15) is 0 Å². The van der Waals surface area contributed by atoms with E-state index in [1.54, 1.807) is 17.0 Å². The van der Waals surface area contributed by atoms with Crippen molar-refractivity contribution < 1.29 is 18.3 Å². The molecule has 1 fully saturated rings. The van der Waals surface area contributed by atoms with E-state index in [1.165, 1.54) is 18.4 Å². The summed E-state index contributed by atoms with van der Waals surface area (Å²) in [6.07, 6.45) is 1.35. The molecule has 0 saturated carbocycles. The molecule has 1 aliphatic heterocycles. The van der Waals surface area contributed by atoms with Gasteiger partial charge < -0.3 is 14.1 Å². The van der Waals surface area contributed by atoms with Gasteiger partial charge in [0.2, 0.25) is 5.89 Å². The Morgan fingerprint density at radius 1 is 1.32 bits per heavy atom. The van der Waals surface area contributed by atoms with Gasteiger partial charge in [-0.05, 0) is 26.0 Å². The SMILES string of the molecule is CC(C)N1CCN(C(=O)c2coc(COc3cccc(F)c3)n2)CC1. The van der Waals surface area contributed by atoms with Crippen LogP contribution in [0.5, 0.6) is 5.75 Å². The van der Waals surface area contributed by atoms with Gasteiger partial charge >= 0.3 is 0 Å². The molecule has 0 N–H and O–H groups in total. The number of amides is 1. The van der Waals surface area contributed by atoms with Gasteiger partial charge in [0.25, 0.3) is 5.91 Å². The summed E-state index contributed by atoms with van der Waals surface area (Å²) >= 11 is 0. The number of ether oxygens (including phenoxy) is 1. The molecule has 6 nitrogen and oxygen atoms in total. The van der Waals surface area contributed by atoms with Crippen LogP contribution in [0, 0.1) is 5.82 Å². The van der Waals surface area contributed by atoms with Crippen molar-refractivity contribution >= 4 is 5.91 Å². The fraction of sp³-hybridized carbons (Fsp3) is 0.444. The lowest BCUT2D eigenvalue weighted by Gasteiger charge is -2.36. The second-order valence-electron chi connectivity index (χ2n) is 6.29. The second-order valence-corrected chi connectivity index (χ2v) is 6.29. The van der Waals surface area contributed by atoms with Crippen LogP contribution in [0.15, 0.2) is 34.9 Å². The highest BCUT2D eigenvalue weighted by Crippen LogP contribution is 2.15. The first kappa shape index (κ1) is 17.4. The predicted molar refractivity (Wildman–Crippen MR) is 89.8 cm³/mol. The van der Waals surface area contributed by atoms with Gasteiger partial charge in [-0.25, -0.2) is 9.37 Å². The number of piperazine rings is 1. The van der Waals surface area contributed by atoms with Crippen LogP contribution >= 0.6 is 0 Å². The maximum atomic E-state index is 13.1. The summed E-state index contributed by atoms with van der Waals surface area (Å²) in [7, 11) is 0. The van der Waals surface area contributed by atoms with E-state index in [9.17, 15) is 9.18 Å². The maximum Gasteiger partial charge on any atom is 0.275 e. The minimum Gasteiger partial charge on any atom is -0.484 e. The fourth-order valence-electron chi connectivity index (χ4n) is 2.78. The molecule has 0 unspecified atom stereocenters. The molecular formula is C18H22FN3O3. The topological polar surface area (TPSA) is 58.8 Å². The summed E-state index contributed by atoms with van der Waals surface area (Å²) in [4.78, 5) is 20.8. The molecule has 0 bridgehead atoms. The molecule has 2 heterocycles. The van der Waals surface area contributed by atoms with E-state index in [1.807, 2.05) is 0 Å². The number of nitrogens with zero attached hydrogens (tertiary/aromatic N) is 3. The first-order valence-electron chi connectivity index (χ1n) is 8.39. The number of oxazole rings is 1. The van der Waals surface area contributed by atoms with Gasteiger partial charge in [0.05, 0.1) is 0 Å². The van der Waals surface area contributed by atoms with E-state index in [-0.39, 0.29) is 29.9 Å². The largest absolute Gasteiger partial charge is 0.484 e. The number of rotatable bonds is 5.